The number of aliphatic carboxylic acids is 2. The zero-order valence-electron chi connectivity index (χ0n) is 73.4. The Balaban J connectivity index is 1.12. The molecule has 0 aliphatic heterocycles. The number of rotatable bonds is 56. The SMILES string of the molecule is CC[C@H](C)[C@H](NC(=O)[C@H](CCCCN)NC(=O)[C@H](CCCCN)NC(=O)[C@H](Cc1c[nH]c2ccccc12)NC(=O)CNC(=O)[C@@H](N)[C@@H](C)O)C(=O)N[C@@H](C)C(=O)N[C@@H](CC(=O)O)C(=O)N[C@@H](CCCCN)C(=O)N[C@@H](Cc1c[nH]c2ccccc12)C(=O)N[C@@H](Cc1ccc(O)cc1)C(=O)N[C@@H](Cc1ccc(O)cc1)C(=O)N[C@@H](Cc1ccccc1)C(=O)N[C@@H](CC(N)=O)C(=O)O. The van der Waals surface area contributed by atoms with Crippen molar-refractivity contribution in [1.82, 2.24) is 79.1 Å². The molecule has 708 valence electrons. The zero-order valence-corrected chi connectivity index (χ0v) is 73.4. The Morgan fingerprint density at radius 3 is 1.11 bits per heavy atom. The van der Waals surface area contributed by atoms with E-state index in [1.165, 1.54) is 62.4 Å². The van der Waals surface area contributed by atoms with Gasteiger partial charge in [0, 0.05) is 66.3 Å². The number of aromatic nitrogens is 2. The van der Waals surface area contributed by atoms with Crippen LogP contribution in [0.1, 0.15) is 133 Å². The first-order valence-corrected chi connectivity index (χ1v) is 43.4. The molecule has 0 aliphatic rings. The lowest BCUT2D eigenvalue weighted by atomic mass is 9.97. The van der Waals surface area contributed by atoms with E-state index in [-0.39, 0.29) is 108 Å². The highest BCUT2D eigenvalue weighted by atomic mass is 16.4. The van der Waals surface area contributed by atoms with Crippen LogP contribution in [0, 0.1) is 5.92 Å². The van der Waals surface area contributed by atoms with Gasteiger partial charge in [0.2, 0.25) is 82.7 Å². The van der Waals surface area contributed by atoms with E-state index in [4.69, 9.17) is 28.7 Å². The molecule has 2 aromatic heterocycles. The van der Waals surface area contributed by atoms with E-state index in [0.29, 0.717) is 68.9 Å². The van der Waals surface area contributed by atoms with E-state index >= 15 is 14.4 Å². The van der Waals surface area contributed by atoms with Crippen molar-refractivity contribution in [3.8, 4) is 11.5 Å². The number of aromatic hydroxyl groups is 2. The van der Waals surface area contributed by atoms with Crippen molar-refractivity contribution in [3.05, 3.63) is 168 Å². The normalized spacial score (nSPS) is 14.7. The Hall–Kier alpha value is -13.9. The van der Waals surface area contributed by atoms with Crippen LogP contribution in [-0.4, -0.2) is 241 Å². The molecule has 131 heavy (non-hydrogen) atoms. The number of hydrogen-bond acceptors (Lipinski definition) is 23. The molecule has 0 fully saturated rings. The van der Waals surface area contributed by atoms with E-state index in [1.54, 1.807) is 105 Å². The lowest BCUT2D eigenvalue weighted by Gasteiger charge is -2.29. The summed E-state index contributed by atoms with van der Waals surface area (Å²) in [7, 11) is 0. The molecule has 15 atom stereocenters. The number of nitrogens with one attached hydrogen (secondary N) is 15. The lowest BCUT2D eigenvalue weighted by Crippen LogP contribution is -2.61. The number of aromatic amines is 2. The fourth-order valence-corrected chi connectivity index (χ4v) is 14.3. The Morgan fingerprint density at radius 2 is 0.725 bits per heavy atom. The fourth-order valence-electron chi connectivity index (χ4n) is 14.3. The first kappa shape index (κ1) is 104. The summed E-state index contributed by atoms with van der Waals surface area (Å²) in [6, 6.07) is 12.6. The van der Waals surface area contributed by atoms with Crippen molar-refractivity contribution in [2.45, 2.75) is 221 Å². The number of primary amides is 1. The Labute approximate surface area is 755 Å². The van der Waals surface area contributed by atoms with Crippen LogP contribution in [0.5, 0.6) is 11.5 Å². The third kappa shape index (κ3) is 33.6. The molecule has 30 N–H and O–H groups in total. The molecule has 0 saturated carbocycles. The van der Waals surface area contributed by atoms with E-state index in [1.807, 2.05) is 0 Å². The molecule has 41 heteroatoms. The van der Waals surface area contributed by atoms with Crippen molar-refractivity contribution in [2.75, 3.05) is 26.2 Å². The second kappa shape index (κ2) is 52.5. The Morgan fingerprint density at radius 1 is 0.374 bits per heavy atom. The van der Waals surface area contributed by atoms with Gasteiger partial charge in [0.25, 0.3) is 0 Å². The number of unbranched alkanes of at least 4 members (excludes halogenated alkanes) is 3. The summed E-state index contributed by atoms with van der Waals surface area (Å²) in [6.45, 7) is 5.64. The van der Waals surface area contributed by atoms with Gasteiger partial charge in [-0.1, -0.05) is 111 Å². The van der Waals surface area contributed by atoms with Crippen LogP contribution < -0.4 is 97.8 Å². The third-order valence-corrected chi connectivity index (χ3v) is 22.0. The molecule has 14 amide bonds. The molecule has 0 unspecified atom stereocenters. The van der Waals surface area contributed by atoms with Crippen molar-refractivity contribution in [2.24, 2.45) is 34.6 Å². The standard InChI is InChI=1S/C90H122N20O21/c1-5-49(2)77(110-81(121)65(27-15-18-38-93)101-79(119)63(25-13-16-36-91)102-85(125)69(42-55-46-96-61-23-11-9-21-59(55)61)100-74(115)48-98-88(128)76(95)51(4)111)89(129)99-50(3)78(118)104-71(45-75(116)117)87(127)103-64(26-14-17-37-92)80(120)108-70(43-56-47-97-62-24-12-10-22-60(56)62)86(126)107-68(41-54-30-34-58(113)35-31-54)83(123)106-67(40-53-28-32-57(112)33-29-53)82(122)105-66(39-52-19-7-6-8-20-52)84(124)109-72(90(130)131)44-73(94)114/h6-12,19-24,28-35,46-47,49-51,63-72,76-77,96-97,111-113H,5,13-18,25-27,36-45,48,91-93,95H2,1-4H3,(H2,94,114)(H,98,128)(H,99,129)(H,100,115)(H,101,119)(H,102,125)(H,103,127)(H,104,118)(H,105,122)(H,106,123)(H,107,126)(H,108,120)(H,109,124)(H,110,121)(H,116,117)(H,130,131)/t49-,50-,51+,63-,64-,65-,66-,67-,68-,69-,70-,71-,72-,76-,77-/m0/s1. The number of H-pyrrole nitrogens is 2. The van der Waals surface area contributed by atoms with Gasteiger partial charge in [-0.15, -0.1) is 0 Å². The topological polar surface area (TPSA) is 692 Å². The molecule has 41 nitrogen and oxygen atoms in total. The third-order valence-electron chi connectivity index (χ3n) is 22.0. The van der Waals surface area contributed by atoms with Gasteiger partial charge in [-0.2, -0.15) is 0 Å². The molecule has 7 rings (SSSR count). The van der Waals surface area contributed by atoms with Gasteiger partial charge in [0.15, 0.2) is 0 Å². The number of para-hydroxylation sites is 2. The number of phenols is 2. The van der Waals surface area contributed by atoms with Crippen molar-refractivity contribution >= 4 is 116 Å². The number of carbonyl (C=O) groups is 16. The minimum atomic E-state index is -1.99. The van der Waals surface area contributed by atoms with Crippen molar-refractivity contribution < 1.29 is 102 Å². The number of amides is 14. The number of hydrogen-bond donors (Lipinski definition) is 25. The van der Waals surface area contributed by atoms with Gasteiger partial charge in [0.1, 0.15) is 90.0 Å². The van der Waals surface area contributed by atoms with E-state index in [0.717, 1.165) is 0 Å². The fraction of sp³-hybridized carbons (Fsp3) is 0.444. The first-order chi connectivity index (χ1) is 62.5. The van der Waals surface area contributed by atoms with E-state index < -0.39 is 205 Å². The van der Waals surface area contributed by atoms with Gasteiger partial charge in [-0.3, -0.25) is 71.9 Å². The molecular weight excluding hydrogens is 1700 g/mol. The smallest absolute Gasteiger partial charge is 0.326 e. The molecule has 7 aromatic rings. The van der Waals surface area contributed by atoms with Crippen LogP contribution in [0.3, 0.4) is 0 Å². The van der Waals surface area contributed by atoms with Gasteiger partial charge >= 0.3 is 11.9 Å². The zero-order chi connectivity index (χ0) is 96.0. The van der Waals surface area contributed by atoms with Crippen LogP contribution >= 0.6 is 0 Å². The minimum Gasteiger partial charge on any atom is -0.508 e. The molecule has 0 saturated heterocycles. The van der Waals surface area contributed by atoms with Gasteiger partial charge in [0.05, 0.1) is 25.5 Å². The average molecular weight is 1820 g/mol. The molecule has 0 aliphatic carbocycles. The summed E-state index contributed by atoms with van der Waals surface area (Å²) in [5.74, 6) is -18.0. The predicted octanol–water partition coefficient (Wildman–Crippen LogP) is -1.90. The average Bonchev–Trinajstić information content (AvgIpc) is 1.75. The second-order valence-electron chi connectivity index (χ2n) is 32.3. The highest BCUT2D eigenvalue weighted by Gasteiger charge is 2.39. The maximum Gasteiger partial charge on any atom is 0.326 e. The van der Waals surface area contributed by atoms with Gasteiger partial charge in [-0.05, 0) is 161 Å². The maximum absolute atomic E-state index is 15.4. The van der Waals surface area contributed by atoms with Crippen LogP contribution in [0.4, 0.5) is 0 Å². The molecular formula is C90H122N20O21. The van der Waals surface area contributed by atoms with Gasteiger partial charge in [-0.25, -0.2) is 4.79 Å². The number of fused-ring (bicyclic) bond motifs is 2. The highest BCUT2D eigenvalue weighted by molar-refractivity contribution is 6.01. The van der Waals surface area contributed by atoms with E-state index in [2.05, 4.69) is 79.1 Å². The van der Waals surface area contributed by atoms with Crippen molar-refractivity contribution in [3.63, 3.8) is 0 Å². The van der Waals surface area contributed by atoms with Crippen molar-refractivity contribution in [1.29, 1.82) is 0 Å². The summed E-state index contributed by atoms with van der Waals surface area (Å²) in [5.41, 5.74) is 32.3. The number of carbonyl (C=O) groups excluding carboxylic acids is 14. The van der Waals surface area contributed by atoms with E-state index in [9.17, 15) is 87.9 Å². The number of aliphatic hydroxyl groups excluding tert-OH is 1. The highest BCUT2D eigenvalue weighted by Crippen LogP contribution is 2.24. The number of carboxylic acid groups (broad SMARTS) is 2. The lowest BCUT2D eigenvalue weighted by molar-refractivity contribution is -0.143. The van der Waals surface area contributed by atoms with Crippen LogP contribution in [-0.2, 0) is 109 Å². The predicted molar refractivity (Wildman–Crippen MR) is 481 cm³/mol. The number of phenolic OH excluding ortho intramolecular Hbond substituents is 2. The van der Waals surface area contributed by atoms with Crippen LogP contribution in [0.15, 0.2) is 140 Å². The minimum absolute atomic E-state index is 0.0192. The van der Waals surface area contributed by atoms with Crippen LogP contribution in [0.25, 0.3) is 21.8 Å². The number of aliphatic hydroxyl groups is 1. The summed E-state index contributed by atoms with van der Waals surface area (Å²) in [6.07, 6.45) is 0.284. The van der Waals surface area contributed by atoms with Crippen LogP contribution in [0.2, 0.25) is 0 Å². The quantitative estimate of drug-likeness (QED) is 0.0185. The molecule has 0 bridgehead atoms. The monoisotopic (exact) mass is 1820 g/mol. The summed E-state index contributed by atoms with van der Waals surface area (Å²) < 4.78 is 0. The van der Waals surface area contributed by atoms with Gasteiger partial charge < -0.3 is 133 Å². The summed E-state index contributed by atoms with van der Waals surface area (Å²) in [4.78, 5) is 232. The summed E-state index contributed by atoms with van der Waals surface area (Å²) in [5, 5.41) is 85.5. The molecule has 0 spiro atoms. The number of nitrogens with two attached hydrogens (primary N) is 5. The molecule has 5 aromatic carbocycles. The maximum atomic E-state index is 15.4. The summed E-state index contributed by atoms with van der Waals surface area (Å²) >= 11 is 0. The number of carboxylic acids is 2. The number of benzene rings is 5. The largest absolute Gasteiger partial charge is 0.508 e. The molecule has 2 heterocycles. The first-order valence-electron chi connectivity index (χ1n) is 43.4. The second-order valence-corrected chi connectivity index (χ2v) is 32.3. The Kier molecular flexibility index (Phi) is 41.8. The molecule has 0 radical (unpaired) electrons. The Bertz CT molecular complexity index is 5050.